The zero-order valence-electron chi connectivity index (χ0n) is 14.0. The first kappa shape index (κ1) is 17.8. The van der Waals surface area contributed by atoms with Crippen molar-refractivity contribution in [3.05, 3.63) is 59.2 Å². The van der Waals surface area contributed by atoms with Crippen molar-refractivity contribution in [1.29, 1.82) is 0 Å². The van der Waals surface area contributed by atoms with Crippen LogP contribution in [0, 0.1) is 24.5 Å². The molecule has 1 saturated carbocycles. The van der Waals surface area contributed by atoms with Crippen LogP contribution in [0.3, 0.4) is 0 Å². The predicted molar refractivity (Wildman–Crippen MR) is 90.1 cm³/mol. The van der Waals surface area contributed by atoms with E-state index in [-0.39, 0.29) is 17.4 Å². The number of hydrogen-bond donors (Lipinski definition) is 2. The molecule has 0 aliphatic heterocycles. The normalized spacial score (nSPS) is 18.3. The Bertz CT molecular complexity index is 869. The third-order valence-electron chi connectivity index (χ3n) is 4.33. The van der Waals surface area contributed by atoms with Gasteiger partial charge in [-0.1, -0.05) is 12.1 Å². The highest BCUT2D eigenvalue weighted by Gasteiger charge is 2.45. The quantitative estimate of drug-likeness (QED) is 0.826. The highest BCUT2D eigenvalue weighted by Crippen LogP contribution is 2.49. The summed E-state index contributed by atoms with van der Waals surface area (Å²) in [4.78, 5) is 22.9. The summed E-state index contributed by atoms with van der Waals surface area (Å²) < 4.78 is 32.2. The number of carboxylic acid groups (broad SMARTS) is 1. The highest BCUT2D eigenvalue weighted by atomic mass is 19.2. The first-order valence-electron chi connectivity index (χ1n) is 8.07. The molecule has 3 rings (SSSR count). The van der Waals surface area contributed by atoms with Gasteiger partial charge in [0.2, 0.25) is 5.91 Å². The van der Waals surface area contributed by atoms with Crippen LogP contribution in [0.5, 0.6) is 5.75 Å². The molecule has 0 saturated heterocycles. The number of hydrogen-bond acceptors (Lipinski definition) is 3. The molecule has 2 aromatic carbocycles. The molecule has 1 amide bonds. The molecule has 0 spiro atoms. The molecule has 1 aliphatic carbocycles. The van der Waals surface area contributed by atoms with Crippen LogP contribution in [0.1, 0.15) is 23.5 Å². The second-order valence-corrected chi connectivity index (χ2v) is 6.24. The number of benzene rings is 2. The molecule has 2 atom stereocenters. The molecule has 2 N–H and O–H groups in total. The molecular formula is C19H17F2NO4. The second kappa shape index (κ2) is 7.11. The van der Waals surface area contributed by atoms with Crippen molar-refractivity contribution < 1.29 is 28.2 Å². The number of carboxylic acids is 1. The lowest BCUT2D eigenvalue weighted by Gasteiger charge is -2.11. The molecule has 7 heteroatoms. The zero-order valence-corrected chi connectivity index (χ0v) is 14.0. The number of carbonyl (C=O) groups excluding carboxylic acids is 1. The van der Waals surface area contributed by atoms with Crippen LogP contribution in [0.25, 0.3) is 0 Å². The maximum Gasteiger partial charge on any atom is 0.341 e. The van der Waals surface area contributed by atoms with E-state index in [1.807, 2.05) is 0 Å². The van der Waals surface area contributed by atoms with E-state index in [4.69, 9.17) is 9.84 Å². The van der Waals surface area contributed by atoms with Gasteiger partial charge in [0, 0.05) is 11.6 Å². The number of aryl methyl sites for hydroxylation is 1. The second-order valence-electron chi connectivity index (χ2n) is 6.24. The third-order valence-corrected chi connectivity index (χ3v) is 4.33. The van der Waals surface area contributed by atoms with Crippen molar-refractivity contribution in [3.63, 3.8) is 0 Å². The first-order chi connectivity index (χ1) is 12.4. The van der Waals surface area contributed by atoms with E-state index in [2.05, 4.69) is 5.32 Å². The third kappa shape index (κ3) is 3.82. The molecule has 1 aliphatic rings. The fraction of sp³-hybridized carbons (Fsp3) is 0.263. The number of aliphatic carboxylic acids is 1. The monoisotopic (exact) mass is 361 g/mol. The summed E-state index contributed by atoms with van der Waals surface area (Å²) in [5, 5.41) is 11.4. The average Bonchev–Trinajstić information content (AvgIpc) is 3.38. The van der Waals surface area contributed by atoms with Crippen LogP contribution in [0.4, 0.5) is 14.5 Å². The maximum absolute atomic E-state index is 13.8. The van der Waals surface area contributed by atoms with Crippen molar-refractivity contribution in [2.24, 2.45) is 5.92 Å². The van der Waals surface area contributed by atoms with Crippen LogP contribution < -0.4 is 10.1 Å². The van der Waals surface area contributed by atoms with Crippen molar-refractivity contribution in [2.75, 3.05) is 11.9 Å². The van der Waals surface area contributed by atoms with E-state index in [1.54, 1.807) is 25.1 Å². The predicted octanol–water partition coefficient (Wildman–Crippen LogP) is 3.48. The van der Waals surface area contributed by atoms with Crippen LogP contribution in [0.15, 0.2) is 36.4 Å². The zero-order chi connectivity index (χ0) is 18.8. The first-order valence-corrected chi connectivity index (χ1v) is 8.07. The van der Waals surface area contributed by atoms with E-state index in [0.717, 1.165) is 6.07 Å². The lowest BCUT2D eigenvalue weighted by Crippen LogP contribution is -2.16. The van der Waals surface area contributed by atoms with Gasteiger partial charge in [-0.25, -0.2) is 13.6 Å². The van der Waals surface area contributed by atoms with Crippen LogP contribution in [-0.4, -0.2) is 23.6 Å². The summed E-state index contributed by atoms with van der Waals surface area (Å²) in [6, 6.07) is 8.77. The minimum atomic E-state index is -1.08. The van der Waals surface area contributed by atoms with Gasteiger partial charge in [0.15, 0.2) is 18.2 Å². The van der Waals surface area contributed by atoms with Gasteiger partial charge >= 0.3 is 5.97 Å². The van der Waals surface area contributed by atoms with Gasteiger partial charge in [0.25, 0.3) is 0 Å². The molecule has 1 fully saturated rings. The summed E-state index contributed by atoms with van der Waals surface area (Å²) in [6.07, 6.45) is 0.463. The summed E-state index contributed by atoms with van der Waals surface area (Å²) in [5.41, 5.74) is 1.48. The summed E-state index contributed by atoms with van der Waals surface area (Å²) in [6.45, 7) is 1.30. The topological polar surface area (TPSA) is 75.6 Å². The Hall–Kier alpha value is -2.96. The Kier molecular flexibility index (Phi) is 4.88. The molecule has 2 unspecified atom stereocenters. The lowest BCUT2D eigenvalue weighted by atomic mass is 10.1. The standard InChI is InChI=1S/C19H17F2NO4/c1-10-7-11(26-9-17(23)24)5-6-16(10)22-19(25)14-8-13(14)12-3-2-4-15(20)18(12)21/h2-7,13-14H,8-9H2,1H3,(H,22,25)(H,23,24). The Labute approximate surface area is 148 Å². The van der Waals surface area contributed by atoms with Crippen LogP contribution >= 0.6 is 0 Å². The fourth-order valence-electron chi connectivity index (χ4n) is 2.87. The van der Waals surface area contributed by atoms with E-state index in [9.17, 15) is 18.4 Å². The number of nitrogens with one attached hydrogen (secondary N) is 1. The summed E-state index contributed by atoms with van der Waals surface area (Å²) >= 11 is 0. The number of rotatable bonds is 6. The van der Waals surface area contributed by atoms with Crippen LogP contribution in [-0.2, 0) is 9.59 Å². The average molecular weight is 361 g/mol. The molecular weight excluding hydrogens is 344 g/mol. The largest absolute Gasteiger partial charge is 0.482 e. The molecule has 0 heterocycles. The number of carbonyl (C=O) groups is 2. The van der Waals surface area contributed by atoms with Crippen molar-refractivity contribution >= 4 is 17.6 Å². The summed E-state index contributed by atoms with van der Waals surface area (Å²) in [7, 11) is 0. The van der Waals surface area contributed by atoms with E-state index < -0.39 is 30.1 Å². The Morgan fingerprint density at radius 1 is 1.27 bits per heavy atom. The SMILES string of the molecule is Cc1cc(OCC(=O)O)ccc1NC(=O)C1CC1c1cccc(F)c1F. The highest BCUT2D eigenvalue weighted by molar-refractivity contribution is 5.96. The molecule has 136 valence electrons. The number of amides is 1. The smallest absolute Gasteiger partial charge is 0.341 e. The van der Waals surface area contributed by atoms with Gasteiger partial charge in [0.05, 0.1) is 0 Å². The van der Waals surface area contributed by atoms with Gasteiger partial charge in [-0.15, -0.1) is 0 Å². The Morgan fingerprint density at radius 2 is 2.04 bits per heavy atom. The van der Waals surface area contributed by atoms with E-state index in [0.29, 0.717) is 23.4 Å². The molecule has 5 nitrogen and oxygen atoms in total. The molecule has 26 heavy (non-hydrogen) atoms. The van der Waals surface area contributed by atoms with Crippen molar-refractivity contribution in [2.45, 2.75) is 19.3 Å². The molecule has 2 aromatic rings. The van der Waals surface area contributed by atoms with E-state index >= 15 is 0 Å². The summed E-state index contributed by atoms with van der Waals surface area (Å²) in [5.74, 6) is -3.51. The molecule has 0 aromatic heterocycles. The van der Waals surface area contributed by atoms with Crippen molar-refractivity contribution in [3.8, 4) is 5.75 Å². The number of halogens is 2. The molecule has 0 bridgehead atoms. The maximum atomic E-state index is 13.8. The Balaban J connectivity index is 1.64. The van der Waals surface area contributed by atoms with Gasteiger partial charge in [0.1, 0.15) is 5.75 Å². The van der Waals surface area contributed by atoms with Gasteiger partial charge in [-0.05, 0) is 54.7 Å². The van der Waals surface area contributed by atoms with E-state index in [1.165, 1.54) is 12.1 Å². The minimum Gasteiger partial charge on any atom is -0.482 e. The molecule has 0 radical (unpaired) electrons. The van der Waals surface area contributed by atoms with Gasteiger partial charge < -0.3 is 15.2 Å². The minimum absolute atomic E-state index is 0.222. The lowest BCUT2D eigenvalue weighted by molar-refractivity contribution is -0.139. The van der Waals surface area contributed by atoms with Crippen LogP contribution in [0.2, 0.25) is 0 Å². The Morgan fingerprint density at radius 3 is 2.73 bits per heavy atom. The van der Waals surface area contributed by atoms with Crippen molar-refractivity contribution in [1.82, 2.24) is 0 Å². The number of ether oxygens (including phenoxy) is 1. The number of anilines is 1. The van der Waals surface area contributed by atoms with Gasteiger partial charge in [-0.3, -0.25) is 4.79 Å². The fourth-order valence-corrected chi connectivity index (χ4v) is 2.87. The van der Waals surface area contributed by atoms with Gasteiger partial charge in [-0.2, -0.15) is 0 Å².